The molecule has 0 aliphatic carbocycles. The van der Waals surface area contributed by atoms with Crippen LogP contribution in [0.5, 0.6) is 0 Å². The van der Waals surface area contributed by atoms with Gasteiger partial charge in [-0.25, -0.2) is 22.8 Å². The van der Waals surface area contributed by atoms with Crippen molar-refractivity contribution in [3.8, 4) is 0 Å². The third-order valence-corrected chi connectivity index (χ3v) is 3.50. The topological polar surface area (TPSA) is 64.6 Å². The lowest BCUT2D eigenvalue weighted by atomic mass is 10.0. The van der Waals surface area contributed by atoms with E-state index < -0.39 is 42.0 Å². The van der Waals surface area contributed by atoms with Gasteiger partial charge in [0.1, 0.15) is 18.5 Å². The molecule has 0 fully saturated rings. The van der Waals surface area contributed by atoms with Gasteiger partial charge in [-0.15, -0.1) is 0 Å². The number of benzene rings is 2. The van der Waals surface area contributed by atoms with Crippen molar-refractivity contribution >= 4 is 12.1 Å². The Labute approximate surface area is 147 Å². The fraction of sp³-hybridized carbons (Fsp3) is 0.222. The van der Waals surface area contributed by atoms with Gasteiger partial charge in [-0.1, -0.05) is 30.3 Å². The number of ether oxygens (including phenoxy) is 2. The van der Waals surface area contributed by atoms with Crippen LogP contribution in [-0.4, -0.2) is 25.2 Å². The summed E-state index contributed by atoms with van der Waals surface area (Å²) in [6.07, 6.45) is -1.37. The normalized spacial score (nSPS) is 11.5. The van der Waals surface area contributed by atoms with Crippen molar-refractivity contribution in [1.29, 1.82) is 0 Å². The van der Waals surface area contributed by atoms with Gasteiger partial charge in [0.15, 0.2) is 11.6 Å². The smallest absolute Gasteiger partial charge is 0.408 e. The zero-order chi connectivity index (χ0) is 19.1. The van der Waals surface area contributed by atoms with Crippen LogP contribution in [0.2, 0.25) is 0 Å². The van der Waals surface area contributed by atoms with Gasteiger partial charge in [0, 0.05) is 12.5 Å². The monoisotopic (exact) mass is 367 g/mol. The largest absolute Gasteiger partial charge is 0.467 e. The van der Waals surface area contributed by atoms with Gasteiger partial charge in [-0.3, -0.25) is 0 Å². The SMILES string of the molecule is COC(=O)C(Cc1cc(F)c(F)cc1F)NC(=O)OCc1ccccc1. The number of alkyl carbamates (subject to hydrolysis) is 1. The predicted molar refractivity (Wildman–Crippen MR) is 85.6 cm³/mol. The molecule has 2 aromatic rings. The summed E-state index contributed by atoms with van der Waals surface area (Å²) < 4.78 is 49.6. The van der Waals surface area contributed by atoms with Crippen LogP contribution in [0.15, 0.2) is 42.5 Å². The quantitative estimate of drug-likeness (QED) is 0.629. The lowest BCUT2D eigenvalue weighted by Gasteiger charge is -2.17. The number of rotatable bonds is 6. The number of nitrogens with one attached hydrogen (secondary N) is 1. The van der Waals surface area contributed by atoms with Gasteiger partial charge in [0.25, 0.3) is 0 Å². The minimum Gasteiger partial charge on any atom is -0.467 e. The molecule has 0 spiro atoms. The van der Waals surface area contributed by atoms with Crippen LogP contribution >= 0.6 is 0 Å². The first kappa shape index (κ1) is 19.3. The Kier molecular flexibility index (Phi) is 6.60. The second-order valence-corrected chi connectivity index (χ2v) is 5.34. The highest BCUT2D eigenvalue weighted by Crippen LogP contribution is 2.16. The molecule has 0 aromatic heterocycles. The summed E-state index contributed by atoms with van der Waals surface area (Å²) in [4.78, 5) is 23.7. The predicted octanol–water partition coefficient (Wildman–Crippen LogP) is 3.11. The summed E-state index contributed by atoms with van der Waals surface area (Å²) in [6, 6.07) is 8.46. The summed E-state index contributed by atoms with van der Waals surface area (Å²) in [5.74, 6) is -4.55. The number of amides is 1. The second-order valence-electron chi connectivity index (χ2n) is 5.34. The second kappa shape index (κ2) is 8.89. The number of halogens is 3. The molecule has 8 heteroatoms. The van der Waals surface area contributed by atoms with Gasteiger partial charge < -0.3 is 14.8 Å². The van der Waals surface area contributed by atoms with Crippen LogP contribution in [0.25, 0.3) is 0 Å². The Balaban J connectivity index is 2.04. The average Bonchev–Trinajstić information content (AvgIpc) is 2.64. The van der Waals surface area contributed by atoms with Gasteiger partial charge in [-0.05, 0) is 17.2 Å². The number of hydrogen-bond donors (Lipinski definition) is 1. The molecule has 1 atom stereocenters. The molecule has 0 heterocycles. The number of esters is 1. The first-order valence-corrected chi connectivity index (χ1v) is 7.59. The van der Waals surface area contributed by atoms with Crippen molar-refractivity contribution in [2.24, 2.45) is 0 Å². The van der Waals surface area contributed by atoms with Gasteiger partial charge in [0.2, 0.25) is 0 Å². The van der Waals surface area contributed by atoms with E-state index in [1.54, 1.807) is 30.3 Å². The van der Waals surface area contributed by atoms with Gasteiger partial charge >= 0.3 is 12.1 Å². The maximum Gasteiger partial charge on any atom is 0.408 e. The van der Waals surface area contributed by atoms with Crippen LogP contribution < -0.4 is 5.32 Å². The molecule has 0 aliphatic heterocycles. The minimum absolute atomic E-state index is 0.0416. The highest BCUT2D eigenvalue weighted by atomic mass is 19.2. The molecule has 1 N–H and O–H groups in total. The third-order valence-electron chi connectivity index (χ3n) is 3.50. The standard InChI is InChI=1S/C18H16F3NO4/c1-25-17(23)16(8-12-7-14(20)15(21)9-13(12)19)22-18(24)26-10-11-5-3-2-4-6-11/h2-7,9,16H,8,10H2,1H3,(H,22,24). The first-order chi connectivity index (χ1) is 12.4. The Morgan fingerprint density at radius 1 is 1.04 bits per heavy atom. The van der Waals surface area contributed by atoms with E-state index in [2.05, 4.69) is 10.1 Å². The zero-order valence-electron chi connectivity index (χ0n) is 13.8. The van der Waals surface area contributed by atoms with Crippen molar-refractivity contribution in [2.75, 3.05) is 7.11 Å². The molecule has 2 rings (SSSR count). The lowest BCUT2D eigenvalue weighted by Crippen LogP contribution is -2.43. The summed E-state index contributed by atoms with van der Waals surface area (Å²) in [7, 11) is 1.08. The fourth-order valence-corrected chi connectivity index (χ4v) is 2.18. The molecule has 1 amide bonds. The number of carbonyl (C=O) groups excluding carboxylic acids is 2. The van der Waals surface area contributed by atoms with Crippen LogP contribution in [0, 0.1) is 17.5 Å². The lowest BCUT2D eigenvalue weighted by molar-refractivity contribution is -0.143. The van der Waals surface area contributed by atoms with E-state index in [0.29, 0.717) is 12.1 Å². The molecule has 5 nitrogen and oxygen atoms in total. The molecule has 0 saturated heterocycles. The molecule has 0 bridgehead atoms. The van der Waals surface area contributed by atoms with E-state index in [0.717, 1.165) is 12.7 Å². The summed E-state index contributed by atoms with van der Waals surface area (Å²) in [6.45, 7) is -0.0416. The molecule has 0 radical (unpaired) electrons. The van der Waals surface area contributed by atoms with E-state index in [4.69, 9.17) is 4.74 Å². The Morgan fingerprint density at radius 3 is 2.35 bits per heavy atom. The number of carbonyl (C=O) groups is 2. The van der Waals surface area contributed by atoms with Gasteiger partial charge in [0.05, 0.1) is 7.11 Å². The average molecular weight is 367 g/mol. The van der Waals surface area contributed by atoms with Crippen LogP contribution in [0.3, 0.4) is 0 Å². The van der Waals surface area contributed by atoms with E-state index in [1.807, 2.05) is 0 Å². The van der Waals surface area contributed by atoms with Crippen molar-refractivity contribution in [2.45, 2.75) is 19.1 Å². The Morgan fingerprint density at radius 2 is 1.69 bits per heavy atom. The Bertz CT molecular complexity index is 784. The van der Waals surface area contributed by atoms with Crippen LogP contribution in [0.1, 0.15) is 11.1 Å². The third kappa shape index (κ3) is 5.23. The van der Waals surface area contributed by atoms with E-state index in [-0.39, 0.29) is 12.2 Å². The van der Waals surface area contributed by atoms with E-state index >= 15 is 0 Å². The zero-order valence-corrected chi connectivity index (χ0v) is 13.8. The summed E-state index contributed by atoms with van der Waals surface area (Å²) in [5, 5.41) is 2.23. The summed E-state index contributed by atoms with van der Waals surface area (Å²) in [5.41, 5.74) is 0.437. The summed E-state index contributed by atoms with van der Waals surface area (Å²) >= 11 is 0. The van der Waals surface area contributed by atoms with Crippen molar-refractivity contribution in [3.63, 3.8) is 0 Å². The van der Waals surface area contributed by atoms with Gasteiger partial charge in [-0.2, -0.15) is 0 Å². The molecule has 26 heavy (non-hydrogen) atoms. The Hall–Kier alpha value is -3.03. The first-order valence-electron chi connectivity index (χ1n) is 7.59. The minimum atomic E-state index is -1.35. The highest BCUT2D eigenvalue weighted by Gasteiger charge is 2.25. The van der Waals surface area contributed by atoms with Crippen LogP contribution in [-0.2, 0) is 27.3 Å². The molecule has 138 valence electrons. The number of hydrogen-bond acceptors (Lipinski definition) is 4. The van der Waals surface area contributed by atoms with E-state index in [9.17, 15) is 22.8 Å². The van der Waals surface area contributed by atoms with Crippen molar-refractivity contribution < 1.29 is 32.2 Å². The van der Waals surface area contributed by atoms with Crippen molar-refractivity contribution in [1.82, 2.24) is 5.32 Å². The van der Waals surface area contributed by atoms with E-state index in [1.165, 1.54) is 0 Å². The van der Waals surface area contributed by atoms with Crippen LogP contribution in [0.4, 0.5) is 18.0 Å². The molecular weight excluding hydrogens is 351 g/mol. The molecule has 2 aromatic carbocycles. The fourth-order valence-electron chi connectivity index (χ4n) is 2.18. The number of methoxy groups -OCH3 is 1. The maximum absolute atomic E-state index is 13.8. The highest BCUT2D eigenvalue weighted by molar-refractivity contribution is 5.81. The molecule has 0 saturated carbocycles. The maximum atomic E-state index is 13.8. The molecule has 0 aliphatic rings. The molecular formula is C18H16F3NO4. The molecule has 1 unspecified atom stereocenters. The van der Waals surface area contributed by atoms with Crippen molar-refractivity contribution in [3.05, 3.63) is 71.0 Å².